The summed E-state index contributed by atoms with van der Waals surface area (Å²) in [5.74, 6) is 2.08. The molecule has 10 heavy (non-hydrogen) atoms. The normalized spacial score (nSPS) is 13.1. The molecule has 60 valence electrons. The van der Waals surface area contributed by atoms with Crippen molar-refractivity contribution in [3.63, 3.8) is 0 Å². The zero-order valence-electron chi connectivity index (χ0n) is 6.09. The maximum atomic E-state index is 10.5. The lowest BCUT2D eigenvalue weighted by Crippen LogP contribution is -2.06. The topological polar surface area (TPSA) is 17.1 Å². The molecule has 0 saturated carbocycles. The number of hydrogen-bond donors (Lipinski definition) is 0. The summed E-state index contributed by atoms with van der Waals surface area (Å²) in [6.07, 6.45) is 2.05. The van der Waals surface area contributed by atoms with Crippen molar-refractivity contribution in [1.82, 2.24) is 0 Å². The minimum atomic E-state index is -0.244. The number of thioether (sulfide) groups is 2. The number of hydrogen-bond acceptors (Lipinski definition) is 3. The van der Waals surface area contributed by atoms with E-state index in [1.807, 2.05) is 13.2 Å². The van der Waals surface area contributed by atoms with E-state index in [9.17, 15) is 4.79 Å². The molecule has 0 N–H and O–H groups in total. The Bertz CT molecular complexity index is 108. The largest absolute Gasteiger partial charge is 0.280 e. The highest BCUT2D eigenvalue weighted by atomic mass is 35.5. The van der Waals surface area contributed by atoms with Gasteiger partial charge in [0.2, 0.25) is 5.24 Å². The zero-order chi connectivity index (χ0) is 7.98. The molecule has 0 spiro atoms. The van der Waals surface area contributed by atoms with Crippen LogP contribution in [0.3, 0.4) is 0 Å². The van der Waals surface area contributed by atoms with E-state index in [4.69, 9.17) is 11.6 Å². The van der Waals surface area contributed by atoms with Crippen molar-refractivity contribution in [2.24, 2.45) is 0 Å². The van der Waals surface area contributed by atoms with Crippen molar-refractivity contribution in [2.75, 3.05) is 17.8 Å². The third-order valence-electron chi connectivity index (χ3n) is 0.975. The Morgan fingerprint density at radius 1 is 1.60 bits per heavy atom. The molecular formula is C6H11ClOS2. The number of rotatable bonds is 5. The summed E-state index contributed by atoms with van der Waals surface area (Å²) in [6, 6.07) is 0. The molecule has 0 fully saturated rings. The predicted octanol–water partition coefficient (Wildman–Crippen LogP) is 2.24. The van der Waals surface area contributed by atoms with Crippen molar-refractivity contribution in [3.8, 4) is 0 Å². The van der Waals surface area contributed by atoms with Crippen LogP contribution in [0.1, 0.15) is 6.92 Å². The number of halogens is 1. The van der Waals surface area contributed by atoms with Crippen LogP contribution in [-0.4, -0.2) is 28.3 Å². The van der Waals surface area contributed by atoms with Crippen LogP contribution < -0.4 is 0 Å². The number of carbonyl (C=O) groups is 1. The molecule has 0 aromatic heterocycles. The fourth-order valence-corrected chi connectivity index (χ4v) is 2.10. The Kier molecular flexibility index (Phi) is 6.80. The Labute approximate surface area is 75.3 Å². The number of carbonyl (C=O) groups excluding carboxylic acids is 1. The van der Waals surface area contributed by atoms with Gasteiger partial charge >= 0.3 is 0 Å². The van der Waals surface area contributed by atoms with E-state index in [0.717, 1.165) is 11.5 Å². The highest BCUT2D eigenvalue weighted by Gasteiger charge is 2.08. The zero-order valence-corrected chi connectivity index (χ0v) is 8.48. The van der Waals surface area contributed by atoms with Gasteiger partial charge in [-0.3, -0.25) is 4.79 Å². The average molecular weight is 199 g/mol. The van der Waals surface area contributed by atoms with E-state index in [2.05, 4.69) is 0 Å². The van der Waals surface area contributed by atoms with Crippen molar-refractivity contribution in [2.45, 2.75) is 12.2 Å². The molecular weight excluding hydrogens is 188 g/mol. The van der Waals surface area contributed by atoms with E-state index in [1.165, 1.54) is 0 Å². The van der Waals surface area contributed by atoms with Gasteiger partial charge in [-0.25, -0.2) is 0 Å². The van der Waals surface area contributed by atoms with Gasteiger partial charge in [-0.1, -0.05) is 0 Å². The van der Waals surface area contributed by atoms with E-state index in [1.54, 1.807) is 23.5 Å². The molecule has 0 saturated heterocycles. The second kappa shape index (κ2) is 6.38. The Balaban J connectivity index is 3.21. The first-order valence-electron chi connectivity index (χ1n) is 2.98. The molecule has 0 radical (unpaired) electrons. The Morgan fingerprint density at radius 2 is 2.20 bits per heavy atom. The predicted molar refractivity (Wildman–Crippen MR) is 51.2 cm³/mol. The lowest BCUT2D eigenvalue weighted by molar-refractivity contribution is -0.111. The fourth-order valence-electron chi connectivity index (χ4n) is 0.374. The first kappa shape index (κ1) is 10.7. The molecule has 0 aliphatic heterocycles. The summed E-state index contributed by atoms with van der Waals surface area (Å²) >= 11 is 8.63. The Morgan fingerprint density at radius 3 is 2.60 bits per heavy atom. The minimum Gasteiger partial charge on any atom is -0.280 e. The monoisotopic (exact) mass is 198 g/mol. The van der Waals surface area contributed by atoms with Gasteiger partial charge in [0.05, 0.1) is 5.25 Å². The maximum Gasteiger partial charge on any atom is 0.234 e. The van der Waals surface area contributed by atoms with Crippen LogP contribution in [0, 0.1) is 0 Å². The summed E-state index contributed by atoms with van der Waals surface area (Å²) in [5.41, 5.74) is 0. The van der Waals surface area contributed by atoms with Gasteiger partial charge in [0.1, 0.15) is 0 Å². The molecule has 0 bridgehead atoms. The minimum absolute atomic E-state index is 0.0474. The maximum absolute atomic E-state index is 10.5. The second-order valence-electron chi connectivity index (χ2n) is 1.81. The van der Waals surface area contributed by atoms with Crippen LogP contribution in [0.2, 0.25) is 0 Å². The smallest absolute Gasteiger partial charge is 0.234 e. The first-order chi connectivity index (χ1) is 4.68. The summed E-state index contributed by atoms with van der Waals surface area (Å²) in [6.45, 7) is 1.83. The van der Waals surface area contributed by atoms with Crippen LogP contribution in [0.4, 0.5) is 0 Å². The molecule has 0 aromatic rings. The summed E-state index contributed by atoms with van der Waals surface area (Å²) < 4.78 is 0. The lowest BCUT2D eigenvalue weighted by Gasteiger charge is -2.03. The van der Waals surface area contributed by atoms with E-state index < -0.39 is 0 Å². The van der Waals surface area contributed by atoms with E-state index in [0.29, 0.717) is 0 Å². The van der Waals surface area contributed by atoms with Crippen LogP contribution >= 0.6 is 35.1 Å². The molecule has 0 aliphatic rings. The molecule has 1 unspecified atom stereocenters. The molecule has 4 heteroatoms. The van der Waals surface area contributed by atoms with Gasteiger partial charge in [0.25, 0.3) is 0 Å². The molecule has 0 rings (SSSR count). The van der Waals surface area contributed by atoms with Gasteiger partial charge in [0, 0.05) is 11.5 Å². The fraction of sp³-hybridized carbons (Fsp3) is 0.833. The Hall–Kier alpha value is 0.660. The molecule has 1 nitrogen and oxygen atoms in total. The van der Waals surface area contributed by atoms with Crippen molar-refractivity contribution < 1.29 is 4.79 Å². The third kappa shape index (κ3) is 5.45. The highest BCUT2D eigenvalue weighted by molar-refractivity contribution is 8.03. The van der Waals surface area contributed by atoms with Gasteiger partial charge in [0.15, 0.2) is 0 Å². The SMILES string of the molecule is CSCCSC(C)C(=O)Cl. The van der Waals surface area contributed by atoms with Crippen LogP contribution in [0.15, 0.2) is 0 Å². The molecule has 0 heterocycles. The van der Waals surface area contributed by atoms with Gasteiger partial charge in [-0.2, -0.15) is 11.8 Å². The summed E-state index contributed by atoms with van der Waals surface area (Å²) in [5, 5.41) is -0.292. The van der Waals surface area contributed by atoms with Gasteiger partial charge in [-0.15, -0.1) is 11.8 Å². The van der Waals surface area contributed by atoms with Crippen LogP contribution in [0.5, 0.6) is 0 Å². The molecule has 1 atom stereocenters. The standard InChI is InChI=1S/C6H11ClOS2/c1-5(6(7)8)10-4-3-9-2/h5H,3-4H2,1-2H3. The van der Waals surface area contributed by atoms with Crippen molar-refractivity contribution in [1.29, 1.82) is 0 Å². The molecule has 0 amide bonds. The van der Waals surface area contributed by atoms with Crippen molar-refractivity contribution in [3.05, 3.63) is 0 Å². The second-order valence-corrected chi connectivity index (χ2v) is 4.62. The quantitative estimate of drug-likeness (QED) is 0.498. The summed E-state index contributed by atoms with van der Waals surface area (Å²) in [7, 11) is 0. The highest BCUT2D eigenvalue weighted by Crippen LogP contribution is 2.13. The van der Waals surface area contributed by atoms with Gasteiger partial charge in [-0.05, 0) is 24.8 Å². The van der Waals surface area contributed by atoms with E-state index in [-0.39, 0.29) is 10.5 Å². The average Bonchev–Trinajstić information content (AvgIpc) is 1.88. The first-order valence-corrected chi connectivity index (χ1v) is 5.80. The molecule has 0 aromatic carbocycles. The van der Waals surface area contributed by atoms with Gasteiger partial charge < -0.3 is 0 Å². The summed E-state index contributed by atoms with van der Waals surface area (Å²) in [4.78, 5) is 10.5. The third-order valence-corrected chi connectivity index (χ3v) is 3.46. The van der Waals surface area contributed by atoms with Crippen LogP contribution in [0.25, 0.3) is 0 Å². The lowest BCUT2D eigenvalue weighted by atomic mass is 10.5. The molecule has 0 aliphatic carbocycles. The van der Waals surface area contributed by atoms with Crippen LogP contribution in [-0.2, 0) is 4.79 Å². The van der Waals surface area contributed by atoms with Crippen molar-refractivity contribution >= 4 is 40.4 Å². The van der Waals surface area contributed by atoms with E-state index >= 15 is 0 Å².